The van der Waals surface area contributed by atoms with Crippen LogP contribution in [0, 0.1) is 11.3 Å². The van der Waals surface area contributed by atoms with Gasteiger partial charge in [0.05, 0.1) is 6.54 Å². The van der Waals surface area contributed by atoms with Crippen LogP contribution in [0.4, 0.5) is 0 Å². The predicted molar refractivity (Wildman–Crippen MR) is 65.8 cm³/mol. The Morgan fingerprint density at radius 3 is 2.53 bits per heavy atom. The van der Waals surface area contributed by atoms with Gasteiger partial charge in [0.2, 0.25) is 0 Å². The second kappa shape index (κ2) is 7.44. The summed E-state index contributed by atoms with van der Waals surface area (Å²) in [6, 6.07) is 11.7. The highest BCUT2D eigenvalue weighted by Crippen LogP contribution is 2.04. The highest BCUT2D eigenvalue weighted by atomic mass is 16.7. The fourth-order valence-electron chi connectivity index (χ4n) is 1.29. The summed E-state index contributed by atoms with van der Waals surface area (Å²) >= 11 is 0. The number of hydrogen-bond donors (Lipinski definition) is 1. The van der Waals surface area contributed by atoms with Gasteiger partial charge in [-0.1, -0.05) is 30.3 Å². The van der Waals surface area contributed by atoms with E-state index in [9.17, 15) is 0 Å². The molecule has 0 atom stereocenters. The Balaban J connectivity index is 2.61. The van der Waals surface area contributed by atoms with E-state index in [0.717, 1.165) is 5.56 Å². The van der Waals surface area contributed by atoms with Gasteiger partial charge in [-0.2, -0.15) is 5.26 Å². The predicted octanol–water partition coefficient (Wildman–Crippen LogP) is 1.76. The third kappa shape index (κ3) is 4.68. The van der Waals surface area contributed by atoms with E-state index >= 15 is 0 Å². The Morgan fingerprint density at radius 1 is 1.35 bits per heavy atom. The number of allylic oxidation sites excluding steroid dienone is 1. The maximum atomic E-state index is 8.98. The molecule has 0 spiro atoms. The standard InChI is InChI=1S/C13H16N2O2/c1-16-13(17-2)10-15-12(9-14)8-11-6-4-3-5-7-11/h3-8,13,15H,10H2,1-2H3. The van der Waals surface area contributed by atoms with Crippen LogP contribution in [0.3, 0.4) is 0 Å². The molecule has 1 N–H and O–H groups in total. The zero-order chi connectivity index (χ0) is 12.5. The lowest BCUT2D eigenvalue weighted by atomic mass is 10.2. The average Bonchev–Trinajstić information content (AvgIpc) is 2.39. The first-order chi connectivity index (χ1) is 8.30. The summed E-state index contributed by atoms with van der Waals surface area (Å²) in [5.41, 5.74) is 1.46. The molecule has 0 radical (unpaired) electrons. The van der Waals surface area contributed by atoms with Crippen LogP contribution in [0.5, 0.6) is 0 Å². The van der Waals surface area contributed by atoms with Gasteiger partial charge in [-0.05, 0) is 11.6 Å². The number of methoxy groups -OCH3 is 2. The molecule has 0 fully saturated rings. The molecule has 4 heteroatoms. The van der Waals surface area contributed by atoms with Crippen LogP contribution in [-0.2, 0) is 9.47 Å². The molecule has 0 bridgehead atoms. The smallest absolute Gasteiger partial charge is 0.173 e. The summed E-state index contributed by atoms with van der Waals surface area (Å²) in [6.07, 6.45) is 1.42. The first-order valence-electron chi connectivity index (χ1n) is 5.26. The van der Waals surface area contributed by atoms with Crippen molar-refractivity contribution in [2.45, 2.75) is 6.29 Å². The van der Waals surface area contributed by atoms with Crippen LogP contribution < -0.4 is 5.32 Å². The summed E-state index contributed by atoms with van der Waals surface area (Å²) in [7, 11) is 3.12. The highest BCUT2D eigenvalue weighted by Gasteiger charge is 2.05. The van der Waals surface area contributed by atoms with E-state index in [-0.39, 0.29) is 6.29 Å². The van der Waals surface area contributed by atoms with Gasteiger partial charge in [0.1, 0.15) is 11.8 Å². The van der Waals surface area contributed by atoms with Crippen molar-refractivity contribution in [2.24, 2.45) is 0 Å². The first-order valence-corrected chi connectivity index (χ1v) is 5.26. The van der Waals surface area contributed by atoms with Crippen molar-refractivity contribution >= 4 is 6.08 Å². The van der Waals surface area contributed by atoms with Crippen LogP contribution >= 0.6 is 0 Å². The Labute approximate surface area is 101 Å². The molecular weight excluding hydrogens is 216 g/mol. The maximum Gasteiger partial charge on any atom is 0.173 e. The number of nitrogens with zero attached hydrogens (tertiary/aromatic N) is 1. The monoisotopic (exact) mass is 232 g/mol. The molecule has 0 aliphatic rings. The van der Waals surface area contributed by atoms with Gasteiger partial charge in [-0.25, -0.2) is 0 Å². The van der Waals surface area contributed by atoms with E-state index in [1.165, 1.54) is 0 Å². The molecule has 0 aliphatic heterocycles. The van der Waals surface area contributed by atoms with Crippen molar-refractivity contribution in [1.82, 2.24) is 5.32 Å². The molecule has 1 rings (SSSR count). The lowest BCUT2D eigenvalue weighted by Crippen LogP contribution is -2.28. The molecular formula is C13H16N2O2. The van der Waals surface area contributed by atoms with Gasteiger partial charge in [0.15, 0.2) is 6.29 Å². The highest BCUT2D eigenvalue weighted by molar-refractivity contribution is 5.55. The van der Waals surface area contributed by atoms with Crippen molar-refractivity contribution in [3.63, 3.8) is 0 Å². The van der Waals surface area contributed by atoms with E-state index in [1.54, 1.807) is 20.3 Å². The van der Waals surface area contributed by atoms with E-state index in [2.05, 4.69) is 11.4 Å². The number of nitrogens with one attached hydrogen (secondary N) is 1. The molecule has 0 unspecified atom stereocenters. The summed E-state index contributed by atoms with van der Waals surface area (Å²) in [5, 5.41) is 12.0. The van der Waals surface area contributed by atoms with Gasteiger partial charge >= 0.3 is 0 Å². The van der Waals surface area contributed by atoms with Gasteiger partial charge < -0.3 is 14.8 Å². The summed E-state index contributed by atoms with van der Waals surface area (Å²) in [5.74, 6) is 0. The molecule has 0 heterocycles. The van der Waals surface area contributed by atoms with Crippen molar-refractivity contribution in [3.05, 3.63) is 41.6 Å². The number of hydrogen-bond acceptors (Lipinski definition) is 4. The second-order valence-electron chi connectivity index (χ2n) is 3.36. The summed E-state index contributed by atoms with van der Waals surface area (Å²) in [6.45, 7) is 0.430. The molecule has 0 saturated carbocycles. The van der Waals surface area contributed by atoms with E-state index in [4.69, 9.17) is 14.7 Å². The number of ether oxygens (including phenoxy) is 2. The molecule has 0 aromatic heterocycles. The third-order valence-corrected chi connectivity index (χ3v) is 2.22. The third-order valence-electron chi connectivity index (χ3n) is 2.22. The second-order valence-corrected chi connectivity index (χ2v) is 3.36. The van der Waals surface area contributed by atoms with Crippen LogP contribution in [0.15, 0.2) is 36.0 Å². The van der Waals surface area contributed by atoms with Crippen molar-refractivity contribution < 1.29 is 9.47 Å². The van der Waals surface area contributed by atoms with E-state index in [0.29, 0.717) is 12.2 Å². The quantitative estimate of drug-likeness (QED) is 0.600. The molecule has 1 aromatic rings. The van der Waals surface area contributed by atoms with Crippen molar-refractivity contribution in [1.29, 1.82) is 5.26 Å². The number of benzene rings is 1. The van der Waals surface area contributed by atoms with Crippen LogP contribution in [0.25, 0.3) is 6.08 Å². The van der Waals surface area contributed by atoms with Crippen molar-refractivity contribution in [2.75, 3.05) is 20.8 Å². The molecule has 4 nitrogen and oxygen atoms in total. The molecule has 0 aliphatic carbocycles. The lowest BCUT2D eigenvalue weighted by Gasteiger charge is -2.14. The molecule has 90 valence electrons. The molecule has 17 heavy (non-hydrogen) atoms. The zero-order valence-corrected chi connectivity index (χ0v) is 10.0. The Kier molecular flexibility index (Phi) is 5.80. The van der Waals surface area contributed by atoms with Gasteiger partial charge in [0, 0.05) is 14.2 Å². The first kappa shape index (κ1) is 13.2. The maximum absolute atomic E-state index is 8.98. The summed E-state index contributed by atoms with van der Waals surface area (Å²) < 4.78 is 10.0. The largest absolute Gasteiger partial charge is 0.371 e. The minimum absolute atomic E-state index is 0.359. The Hall–Kier alpha value is -1.83. The summed E-state index contributed by atoms with van der Waals surface area (Å²) in [4.78, 5) is 0. The fourth-order valence-corrected chi connectivity index (χ4v) is 1.29. The molecule has 1 aromatic carbocycles. The molecule has 0 saturated heterocycles. The number of nitriles is 1. The normalized spacial score (nSPS) is 11.3. The lowest BCUT2D eigenvalue weighted by molar-refractivity contribution is -0.0974. The van der Waals surface area contributed by atoms with Gasteiger partial charge in [-0.3, -0.25) is 0 Å². The van der Waals surface area contributed by atoms with E-state index < -0.39 is 0 Å². The minimum atomic E-state index is -0.359. The molecule has 0 amide bonds. The minimum Gasteiger partial charge on any atom is -0.371 e. The van der Waals surface area contributed by atoms with Crippen LogP contribution in [-0.4, -0.2) is 27.1 Å². The topological polar surface area (TPSA) is 54.3 Å². The number of rotatable bonds is 6. The SMILES string of the molecule is COC(CNC(C#N)=Cc1ccccc1)OC. The van der Waals surface area contributed by atoms with E-state index in [1.807, 2.05) is 30.3 Å². The van der Waals surface area contributed by atoms with Gasteiger partial charge in [-0.15, -0.1) is 0 Å². The van der Waals surface area contributed by atoms with Crippen molar-refractivity contribution in [3.8, 4) is 6.07 Å². The Morgan fingerprint density at radius 2 is 2.00 bits per heavy atom. The van der Waals surface area contributed by atoms with Crippen LogP contribution in [0.1, 0.15) is 5.56 Å². The van der Waals surface area contributed by atoms with Crippen LogP contribution in [0.2, 0.25) is 0 Å². The zero-order valence-electron chi connectivity index (χ0n) is 10.0. The fraction of sp³-hybridized carbons (Fsp3) is 0.308. The average molecular weight is 232 g/mol. The van der Waals surface area contributed by atoms with Gasteiger partial charge in [0.25, 0.3) is 0 Å². The Bertz CT molecular complexity index is 392.